The second-order valence-electron chi connectivity index (χ2n) is 3.73. The van der Waals surface area contributed by atoms with Crippen molar-refractivity contribution in [3.8, 4) is 11.1 Å². The average Bonchev–Trinajstić information content (AvgIpc) is 2.37. The van der Waals surface area contributed by atoms with Gasteiger partial charge in [-0.1, -0.05) is 17.7 Å². The molecule has 2 rings (SSSR count). The monoisotopic (exact) mass is 271 g/mol. The second kappa shape index (κ2) is 5.00. The highest BCUT2D eigenvalue weighted by molar-refractivity contribution is 6.30. The molecule has 0 fully saturated rings. The molecule has 0 aliphatic rings. The van der Waals surface area contributed by atoms with Gasteiger partial charge < -0.3 is 5.73 Å². The van der Waals surface area contributed by atoms with Crippen LogP contribution in [0.4, 0.5) is 13.2 Å². The van der Waals surface area contributed by atoms with Gasteiger partial charge in [0.15, 0.2) is 17.5 Å². The first-order chi connectivity index (χ1) is 8.54. The molecule has 0 bridgehead atoms. The van der Waals surface area contributed by atoms with E-state index in [1.54, 1.807) is 6.07 Å². The number of rotatable bonds is 2. The van der Waals surface area contributed by atoms with Crippen LogP contribution in [0, 0.1) is 17.5 Å². The summed E-state index contributed by atoms with van der Waals surface area (Å²) in [6.45, 7) is 0.119. The van der Waals surface area contributed by atoms with Gasteiger partial charge in [0.25, 0.3) is 0 Å². The van der Waals surface area contributed by atoms with Crippen LogP contribution in [0.15, 0.2) is 30.3 Å². The zero-order valence-corrected chi connectivity index (χ0v) is 9.94. The first kappa shape index (κ1) is 12.9. The lowest BCUT2D eigenvalue weighted by Crippen LogP contribution is -2.01. The Bertz CT molecular complexity index is 599. The standard InChI is InChI=1S/C13H9ClF3N/c14-8-1-2-9(7(5-8)6-18)10-3-4-11(15)13(17)12(10)16/h1-5H,6,18H2. The van der Waals surface area contributed by atoms with E-state index in [0.717, 1.165) is 6.07 Å². The molecule has 0 saturated heterocycles. The number of halogens is 4. The fourth-order valence-corrected chi connectivity index (χ4v) is 1.92. The molecule has 2 aromatic carbocycles. The Balaban J connectivity index is 2.66. The van der Waals surface area contributed by atoms with Crippen molar-refractivity contribution in [3.05, 3.63) is 58.4 Å². The summed E-state index contributed by atoms with van der Waals surface area (Å²) in [5.41, 5.74) is 6.45. The minimum Gasteiger partial charge on any atom is -0.326 e. The van der Waals surface area contributed by atoms with E-state index in [9.17, 15) is 13.2 Å². The van der Waals surface area contributed by atoms with E-state index >= 15 is 0 Å². The highest BCUT2D eigenvalue weighted by Gasteiger charge is 2.16. The Morgan fingerprint density at radius 2 is 1.61 bits per heavy atom. The maximum Gasteiger partial charge on any atom is 0.195 e. The van der Waals surface area contributed by atoms with Crippen LogP contribution in [-0.2, 0) is 6.54 Å². The quantitative estimate of drug-likeness (QED) is 0.824. The van der Waals surface area contributed by atoms with Gasteiger partial charge in [-0.05, 0) is 35.4 Å². The maximum absolute atomic E-state index is 13.7. The van der Waals surface area contributed by atoms with Gasteiger partial charge in [0.1, 0.15) is 0 Å². The molecule has 0 aliphatic carbocycles. The maximum atomic E-state index is 13.7. The summed E-state index contributed by atoms with van der Waals surface area (Å²) >= 11 is 5.80. The number of nitrogens with two attached hydrogens (primary N) is 1. The average molecular weight is 272 g/mol. The van der Waals surface area contributed by atoms with Crippen molar-refractivity contribution in [2.75, 3.05) is 0 Å². The van der Waals surface area contributed by atoms with Gasteiger partial charge in [0.2, 0.25) is 0 Å². The van der Waals surface area contributed by atoms with E-state index < -0.39 is 17.5 Å². The summed E-state index contributed by atoms with van der Waals surface area (Å²) in [6.07, 6.45) is 0. The first-order valence-corrected chi connectivity index (χ1v) is 5.54. The number of hydrogen-bond donors (Lipinski definition) is 1. The molecule has 1 nitrogen and oxygen atoms in total. The summed E-state index contributed by atoms with van der Waals surface area (Å²) in [7, 11) is 0. The van der Waals surface area contributed by atoms with Gasteiger partial charge in [0.05, 0.1) is 0 Å². The van der Waals surface area contributed by atoms with Crippen molar-refractivity contribution in [1.82, 2.24) is 0 Å². The zero-order chi connectivity index (χ0) is 13.3. The topological polar surface area (TPSA) is 26.0 Å². The molecule has 0 saturated carbocycles. The van der Waals surface area contributed by atoms with E-state index in [0.29, 0.717) is 16.1 Å². The van der Waals surface area contributed by atoms with Crippen molar-refractivity contribution in [2.45, 2.75) is 6.54 Å². The van der Waals surface area contributed by atoms with E-state index in [-0.39, 0.29) is 12.1 Å². The lowest BCUT2D eigenvalue weighted by Gasteiger charge is -2.10. The minimum atomic E-state index is -1.49. The Kier molecular flexibility index (Phi) is 3.59. The summed E-state index contributed by atoms with van der Waals surface area (Å²) in [6, 6.07) is 6.69. The zero-order valence-electron chi connectivity index (χ0n) is 9.18. The molecule has 18 heavy (non-hydrogen) atoms. The fourth-order valence-electron chi connectivity index (χ4n) is 1.73. The lowest BCUT2D eigenvalue weighted by atomic mass is 9.99. The van der Waals surface area contributed by atoms with E-state index in [4.69, 9.17) is 17.3 Å². The third-order valence-electron chi connectivity index (χ3n) is 2.61. The second-order valence-corrected chi connectivity index (χ2v) is 4.16. The molecule has 94 valence electrons. The van der Waals surface area contributed by atoms with Crippen LogP contribution < -0.4 is 5.73 Å². The predicted molar refractivity (Wildman–Crippen MR) is 64.7 cm³/mol. The number of hydrogen-bond acceptors (Lipinski definition) is 1. The summed E-state index contributed by atoms with van der Waals surface area (Å²) in [5, 5.41) is 0.446. The molecule has 2 aromatic rings. The molecule has 0 radical (unpaired) electrons. The van der Waals surface area contributed by atoms with Gasteiger partial charge in [-0.15, -0.1) is 0 Å². The van der Waals surface area contributed by atoms with Crippen LogP contribution in [0.2, 0.25) is 5.02 Å². The third kappa shape index (κ3) is 2.21. The molecule has 0 aliphatic heterocycles. The van der Waals surface area contributed by atoms with E-state index in [1.165, 1.54) is 18.2 Å². The van der Waals surface area contributed by atoms with Crippen LogP contribution in [0.5, 0.6) is 0 Å². The van der Waals surface area contributed by atoms with Crippen molar-refractivity contribution >= 4 is 11.6 Å². The molecule has 0 heterocycles. The molecule has 5 heteroatoms. The highest BCUT2D eigenvalue weighted by Crippen LogP contribution is 2.30. The molecule has 0 aromatic heterocycles. The van der Waals surface area contributed by atoms with Crippen LogP contribution in [-0.4, -0.2) is 0 Å². The highest BCUT2D eigenvalue weighted by atomic mass is 35.5. The first-order valence-electron chi connectivity index (χ1n) is 5.17. The van der Waals surface area contributed by atoms with Gasteiger partial charge in [0, 0.05) is 17.1 Å². The van der Waals surface area contributed by atoms with Crippen molar-refractivity contribution in [2.24, 2.45) is 5.73 Å². The fraction of sp³-hybridized carbons (Fsp3) is 0.0769. The van der Waals surface area contributed by atoms with Crippen molar-refractivity contribution in [3.63, 3.8) is 0 Å². The summed E-state index contributed by atoms with van der Waals surface area (Å²) in [4.78, 5) is 0. The number of benzene rings is 2. The third-order valence-corrected chi connectivity index (χ3v) is 2.85. The normalized spacial score (nSPS) is 10.7. The Morgan fingerprint density at radius 3 is 2.28 bits per heavy atom. The predicted octanol–water partition coefficient (Wildman–Crippen LogP) is 3.88. The SMILES string of the molecule is NCc1cc(Cl)ccc1-c1ccc(F)c(F)c1F. The van der Waals surface area contributed by atoms with Gasteiger partial charge in [-0.2, -0.15) is 0 Å². The Morgan fingerprint density at radius 1 is 0.944 bits per heavy atom. The summed E-state index contributed by atoms with van der Waals surface area (Å²) in [5.74, 6) is -3.95. The van der Waals surface area contributed by atoms with E-state index in [2.05, 4.69) is 0 Å². The molecule has 0 spiro atoms. The molecular formula is C13H9ClF3N. The smallest absolute Gasteiger partial charge is 0.195 e. The summed E-state index contributed by atoms with van der Waals surface area (Å²) < 4.78 is 39.7. The Labute approximate surface area is 107 Å². The lowest BCUT2D eigenvalue weighted by molar-refractivity contribution is 0.449. The van der Waals surface area contributed by atoms with Crippen LogP contribution in [0.3, 0.4) is 0 Å². The van der Waals surface area contributed by atoms with Gasteiger partial charge in [-0.25, -0.2) is 13.2 Å². The minimum absolute atomic E-state index is 0.0361. The molecule has 0 atom stereocenters. The van der Waals surface area contributed by atoms with Crippen LogP contribution in [0.1, 0.15) is 5.56 Å². The molecule has 0 unspecified atom stereocenters. The van der Waals surface area contributed by atoms with Crippen molar-refractivity contribution in [1.29, 1.82) is 0 Å². The Hall–Kier alpha value is -1.52. The molecular weight excluding hydrogens is 263 g/mol. The van der Waals surface area contributed by atoms with Crippen LogP contribution >= 0.6 is 11.6 Å². The van der Waals surface area contributed by atoms with E-state index in [1.807, 2.05) is 0 Å². The molecule has 0 amide bonds. The van der Waals surface area contributed by atoms with Crippen molar-refractivity contribution < 1.29 is 13.2 Å². The van der Waals surface area contributed by atoms with Gasteiger partial charge in [-0.3, -0.25) is 0 Å². The molecule has 2 N–H and O–H groups in total. The van der Waals surface area contributed by atoms with Crippen LogP contribution in [0.25, 0.3) is 11.1 Å². The van der Waals surface area contributed by atoms with Gasteiger partial charge >= 0.3 is 0 Å². The largest absolute Gasteiger partial charge is 0.326 e.